The molecular weight excluding hydrogens is 140 g/mol. The fourth-order valence-corrected chi connectivity index (χ4v) is 1.13. The van der Waals surface area contributed by atoms with Crippen LogP contribution in [0.4, 0.5) is 0 Å². The van der Waals surface area contributed by atoms with Crippen molar-refractivity contribution >= 4 is 17.3 Å². The van der Waals surface area contributed by atoms with E-state index in [1.54, 1.807) is 0 Å². The zero-order valence-corrected chi connectivity index (χ0v) is 5.18. The van der Waals surface area contributed by atoms with Gasteiger partial charge >= 0.3 is 5.97 Å². The van der Waals surface area contributed by atoms with Gasteiger partial charge in [-0.1, -0.05) is 0 Å². The van der Waals surface area contributed by atoms with E-state index in [-0.39, 0.29) is 11.3 Å². The van der Waals surface area contributed by atoms with Crippen molar-refractivity contribution in [3.05, 3.63) is 16.3 Å². The molecule has 0 aliphatic carbocycles. The van der Waals surface area contributed by atoms with Crippen LogP contribution in [0.25, 0.3) is 0 Å². The van der Waals surface area contributed by atoms with Gasteiger partial charge in [0.1, 0.15) is 11.3 Å². The van der Waals surface area contributed by atoms with Crippen LogP contribution >= 0.6 is 11.3 Å². The standard InChI is InChI=1S/C5H4O3S/c6-4-2-9-1-3(4)5(7)8/h1-2,6H,(H,7,8). The van der Waals surface area contributed by atoms with Crippen LogP contribution in [0.1, 0.15) is 10.4 Å². The van der Waals surface area contributed by atoms with Gasteiger partial charge in [-0.25, -0.2) is 4.79 Å². The Labute approximate surface area is 55.2 Å². The van der Waals surface area contributed by atoms with Gasteiger partial charge in [0, 0.05) is 10.8 Å². The van der Waals surface area contributed by atoms with E-state index in [2.05, 4.69) is 0 Å². The molecular formula is C5H4O3S. The predicted octanol–water partition coefficient (Wildman–Crippen LogP) is 1.15. The van der Waals surface area contributed by atoms with Crippen LogP contribution in [-0.4, -0.2) is 16.2 Å². The molecule has 1 aromatic rings. The Morgan fingerprint density at radius 2 is 2.22 bits per heavy atom. The van der Waals surface area contributed by atoms with Gasteiger partial charge in [0.2, 0.25) is 0 Å². The second-order valence-corrected chi connectivity index (χ2v) is 2.22. The number of hydrogen-bond donors (Lipinski definition) is 2. The number of carboxylic acids is 1. The molecule has 4 heteroatoms. The summed E-state index contributed by atoms with van der Waals surface area (Å²) < 4.78 is 0. The lowest BCUT2D eigenvalue weighted by molar-refractivity contribution is 0.0694. The first kappa shape index (κ1) is 6.10. The van der Waals surface area contributed by atoms with Crippen LogP contribution < -0.4 is 0 Å². The van der Waals surface area contributed by atoms with Crippen LogP contribution in [0.5, 0.6) is 5.75 Å². The van der Waals surface area contributed by atoms with Gasteiger partial charge in [0.25, 0.3) is 0 Å². The number of thiophene rings is 1. The number of rotatable bonds is 1. The molecule has 0 aromatic carbocycles. The summed E-state index contributed by atoms with van der Waals surface area (Å²) in [5.74, 6) is -1.25. The van der Waals surface area contributed by atoms with Gasteiger partial charge < -0.3 is 10.2 Å². The summed E-state index contributed by atoms with van der Waals surface area (Å²) in [5, 5.41) is 19.8. The molecule has 0 aliphatic rings. The molecule has 1 heterocycles. The minimum Gasteiger partial charge on any atom is -0.506 e. The molecule has 1 aromatic heterocycles. The lowest BCUT2D eigenvalue weighted by atomic mass is 10.3. The summed E-state index contributed by atoms with van der Waals surface area (Å²) in [6.45, 7) is 0. The zero-order valence-electron chi connectivity index (χ0n) is 4.37. The monoisotopic (exact) mass is 144 g/mol. The Morgan fingerprint density at radius 1 is 1.56 bits per heavy atom. The highest BCUT2D eigenvalue weighted by atomic mass is 32.1. The van der Waals surface area contributed by atoms with E-state index in [4.69, 9.17) is 10.2 Å². The van der Waals surface area contributed by atoms with Crippen molar-refractivity contribution in [2.24, 2.45) is 0 Å². The van der Waals surface area contributed by atoms with Crippen molar-refractivity contribution in [1.29, 1.82) is 0 Å². The average Bonchev–Trinajstić information content (AvgIpc) is 2.13. The van der Waals surface area contributed by atoms with Gasteiger partial charge in [0.05, 0.1) is 0 Å². The summed E-state index contributed by atoms with van der Waals surface area (Å²) in [5.41, 5.74) is -0.0278. The third kappa shape index (κ3) is 1.02. The highest BCUT2D eigenvalue weighted by Gasteiger charge is 2.08. The molecule has 9 heavy (non-hydrogen) atoms. The molecule has 1 rings (SSSR count). The molecule has 0 aliphatic heterocycles. The van der Waals surface area contributed by atoms with Crippen molar-refractivity contribution in [3.8, 4) is 5.75 Å². The number of carbonyl (C=O) groups is 1. The fraction of sp³-hybridized carbons (Fsp3) is 0. The minimum absolute atomic E-state index is 0.0278. The summed E-state index contributed by atoms with van der Waals surface area (Å²) in [6, 6.07) is 0. The first-order valence-electron chi connectivity index (χ1n) is 2.20. The molecule has 0 amide bonds. The summed E-state index contributed by atoms with van der Waals surface area (Å²) >= 11 is 1.16. The first-order chi connectivity index (χ1) is 4.22. The Kier molecular flexibility index (Phi) is 1.40. The molecule has 2 N–H and O–H groups in total. The van der Waals surface area contributed by atoms with Crippen LogP contribution in [0.3, 0.4) is 0 Å². The Balaban J connectivity index is 3.08. The number of hydrogen-bond acceptors (Lipinski definition) is 3. The van der Waals surface area contributed by atoms with Crippen molar-refractivity contribution < 1.29 is 15.0 Å². The summed E-state index contributed by atoms with van der Waals surface area (Å²) in [7, 11) is 0. The fourth-order valence-electron chi connectivity index (χ4n) is 0.450. The van der Waals surface area contributed by atoms with Gasteiger partial charge in [-0.05, 0) is 0 Å². The lowest BCUT2D eigenvalue weighted by Crippen LogP contribution is -1.92. The molecule has 0 bridgehead atoms. The van der Waals surface area contributed by atoms with E-state index in [1.807, 2.05) is 0 Å². The molecule has 0 unspecified atom stereocenters. The molecule has 0 spiro atoms. The lowest BCUT2D eigenvalue weighted by Gasteiger charge is -1.85. The molecule has 0 saturated carbocycles. The van der Waals surface area contributed by atoms with E-state index in [0.29, 0.717) is 0 Å². The molecule has 0 fully saturated rings. The highest BCUT2D eigenvalue weighted by molar-refractivity contribution is 7.08. The van der Waals surface area contributed by atoms with E-state index in [0.717, 1.165) is 11.3 Å². The first-order valence-corrected chi connectivity index (χ1v) is 3.14. The Hall–Kier alpha value is -1.03. The predicted molar refractivity (Wildman–Crippen MR) is 32.9 cm³/mol. The van der Waals surface area contributed by atoms with Gasteiger partial charge in [-0.2, -0.15) is 0 Å². The third-order valence-corrected chi connectivity index (χ3v) is 1.60. The second-order valence-electron chi connectivity index (χ2n) is 1.48. The Bertz CT molecular complexity index is 228. The maximum Gasteiger partial charge on any atom is 0.340 e. The number of aromatic carboxylic acids is 1. The van der Waals surface area contributed by atoms with Crippen LogP contribution in [0, 0.1) is 0 Å². The topological polar surface area (TPSA) is 57.5 Å². The van der Waals surface area contributed by atoms with E-state index < -0.39 is 5.97 Å². The van der Waals surface area contributed by atoms with Crippen molar-refractivity contribution in [1.82, 2.24) is 0 Å². The highest BCUT2D eigenvalue weighted by Crippen LogP contribution is 2.20. The van der Waals surface area contributed by atoms with Crippen molar-refractivity contribution in [2.45, 2.75) is 0 Å². The van der Waals surface area contributed by atoms with E-state index >= 15 is 0 Å². The van der Waals surface area contributed by atoms with E-state index in [1.165, 1.54) is 10.8 Å². The summed E-state index contributed by atoms with van der Waals surface area (Å²) in [4.78, 5) is 10.1. The maximum atomic E-state index is 10.1. The van der Waals surface area contributed by atoms with Crippen LogP contribution in [-0.2, 0) is 0 Å². The van der Waals surface area contributed by atoms with Gasteiger partial charge in [-0.15, -0.1) is 11.3 Å². The smallest absolute Gasteiger partial charge is 0.340 e. The largest absolute Gasteiger partial charge is 0.506 e. The van der Waals surface area contributed by atoms with Crippen molar-refractivity contribution in [2.75, 3.05) is 0 Å². The Morgan fingerprint density at radius 3 is 2.44 bits per heavy atom. The second kappa shape index (κ2) is 2.06. The van der Waals surface area contributed by atoms with Crippen molar-refractivity contribution in [3.63, 3.8) is 0 Å². The average molecular weight is 144 g/mol. The number of carboxylic acid groups (broad SMARTS) is 1. The zero-order chi connectivity index (χ0) is 6.85. The van der Waals surface area contributed by atoms with Crippen LogP contribution in [0.15, 0.2) is 10.8 Å². The molecule has 0 saturated heterocycles. The SMILES string of the molecule is O=C(O)c1cscc1O. The van der Waals surface area contributed by atoms with Gasteiger partial charge in [-0.3, -0.25) is 0 Å². The normalized spacial score (nSPS) is 9.33. The quantitative estimate of drug-likeness (QED) is 0.621. The van der Waals surface area contributed by atoms with Gasteiger partial charge in [0.15, 0.2) is 0 Å². The molecule has 3 nitrogen and oxygen atoms in total. The third-order valence-electron chi connectivity index (χ3n) is 0.872. The van der Waals surface area contributed by atoms with E-state index in [9.17, 15) is 4.79 Å². The van der Waals surface area contributed by atoms with Crippen LogP contribution in [0.2, 0.25) is 0 Å². The minimum atomic E-state index is -1.09. The molecule has 0 atom stereocenters. The maximum absolute atomic E-state index is 10.1. The summed E-state index contributed by atoms with van der Waals surface area (Å²) in [6.07, 6.45) is 0. The molecule has 48 valence electrons. The molecule has 0 radical (unpaired) electrons. The number of aromatic hydroxyl groups is 1.